The Morgan fingerprint density at radius 1 is 1.11 bits per heavy atom. The third-order valence-corrected chi connectivity index (χ3v) is 6.61. The number of carbonyl (C=O) groups is 3. The van der Waals surface area contributed by atoms with Gasteiger partial charge in [0.2, 0.25) is 5.91 Å². The van der Waals surface area contributed by atoms with Crippen LogP contribution in [0.5, 0.6) is 0 Å². The standard InChI is InChI=1S/C18H23N5O4S/c24-15(10-3-4-10)21-17-14(16(25)19-8-9-1-2-9)12-7-11(5-6-13(12)28-17)20-18(26)22-23-27/h9-11H,1-8H2,(H,19,25)(H,21,24)(H2,20,22,26,27). The van der Waals surface area contributed by atoms with Gasteiger partial charge in [0, 0.05) is 23.4 Å². The molecule has 1 aromatic heterocycles. The van der Waals surface area contributed by atoms with Crippen LogP contribution < -0.4 is 21.4 Å². The number of hydrogen-bond donors (Lipinski definition) is 4. The molecule has 150 valence electrons. The second kappa shape index (κ2) is 7.86. The molecular formula is C18H23N5O4S. The summed E-state index contributed by atoms with van der Waals surface area (Å²) in [7, 11) is 0. The van der Waals surface area contributed by atoms with E-state index < -0.39 is 6.03 Å². The normalized spacial score (nSPS) is 20.6. The first-order chi connectivity index (χ1) is 13.5. The van der Waals surface area contributed by atoms with E-state index in [2.05, 4.69) is 21.2 Å². The Kier molecular flexibility index (Phi) is 5.29. The fourth-order valence-electron chi connectivity index (χ4n) is 3.50. The van der Waals surface area contributed by atoms with E-state index in [4.69, 9.17) is 0 Å². The van der Waals surface area contributed by atoms with Crippen LogP contribution in [-0.2, 0) is 17.6 Å². The lowest BCUT2D eigenvalue weighted by atomic mass is 9.91. The number of anilines is 1. The van der Waals surface area contributed by atoms with Gasteiger partial charge in [-0.25, -0.2) is 4.79 Å². The molecule has 2 fully saturated rings. The molecule has 0 saturated heterocycles. The van der Waals surface area contributed by atoms with E-state index in [1.165, 1.54) is 11.3 Å². The van der Waals surface area contributed by atoms with Gasteiger partial charge in [-0.2, -0.15) is 5.43 Å². The second-order valence-corrected chi connectivity index (χ2v) is 8.85. The van der Waals surface area contributed by atoms with Crippen LogP contribution in [0.4, 0.5) is 9.80 Å². The summed E-state index contributed by atoms with van der Waals surface area (Å²) in [5, 5.41) is 11.6. The average Bonchev–Trinajstić information content (AvgIpc) is 3.56. The zero-order valence-corrected chi connectivity index (χ0v) is 16.2. The largest absolute Gasteiger partial charge is 0.352 e. The van der Waals surface area contributed by atoms with Gasteiger partial charge in [0.15, 0.2) is 0 Å². The van der Waals surface area contributed by atoms with Gasteiger partial charge in [0.25, 0.3) is 5.91 Å². The van der Waals surface area contributed by atoms with Crippen LogP contribution in [0.1, 0.15) is 52.9 Å². The summed E-state index contributed by atoms with van der Waals surface area (Å²) in [4.78, 5) is 48.1. The summed E-state index contributed by atoms with van der Waals surface area (Å²) >= 11 is 1.46. The second-order valence-electron chi connectivity index (χ2n) is 7.74. The van der Waals surface area contributed by atoms with Gasteiger partial charge in [-0.3, -0.25) is 9.59 Å². The summed E-state index contributed by atoms with van der Waals surface area (Å²) in [6.07, 6.45) is 5.93. The Morgan fingerprint density at radius 3 is 2.57 bits per heavy atom. The predicted octanol–water partition coefficient (Wildman–Crippen LogP) is 2.07. The van der Waals surface area contributed by atoms with Gasteiger partial charge < -0.3 is 16.0 Å². The maximum atomic E-state index is 12.9. The van der Waals surface area contributed by atoms with Crippen LogP contribution in [0.2, 0.25) is 0 Å². The van der Waals surface area contributed by atoms with Crippen molar-refractivity contribution in [2.24, 2.45) is 17.1 Å². The lowest BCUT2D eigenvalue weighted by Crippen LogP contribution is -2.43. The van der Waals surface area contributed by atoms with Crippen molar-refractivity contribution < 1.29 is 14.4 Å². The van der Waals surface area contributed by atoms with Gasteiger partial charge in [-0.1, -0.05) is 0 Å². The van der Waals surface area contributed by atoms with Crippen molar-refractivity contribution in [2.75, 3.05) is 11.9 Å². The Balaban J connectivity index is 1.54. The number of carbonyl (C=O) groups excluding carboxylic acids is 3. The first-order valence-corrected chi connectivity index (χ1v) is 10.5. The number of aryl methyl sites for hydroxylation is 1. The maximum Gasteiger partial charge on any atom is 0.338 e. The highest BCUT2D eigenvalue weighted by molar-refractivity contribution is 7.17. The van der Waals surface area contributed by atoms with Crippen molar-refractivity contribution in [3.8, 4) is 0 Å². The van der Waals surface area contributed by atoms with Crippen LogP contribution in [0.3, 0.4) is 0 Å². The van der Waals surface area contributed by atoms with Crippen LogP contribution >= 0.6 is 11.3 Å². The number of nitroso groups, excluding NO2 is 1. The number of rotatable bonds is 7. The SMILES string of the molecule is O=NNC(=O)NC1CCc2sc(NC(=O)C3CC3)c(C(=O)NCC3CC3)c2C1. The Labute approximate surface area is 166 Å². The quantitative estimate of drug-likeness (QED) is 0.409. The summed E-state index contributed by atoms with van der Waals surface area (Å²) in [6, 6.07) is -0.855. The molecule has 10 heteroatoms. The van der Waals surface area contributed by atoms with Crippen molar-refractivity contribution >= 4 is 34.2 Å². The molecule has 0 aliphatic heterocycles. The van der Waals surface area contributed by atoms with E-state index in [9.17, 15) is 19.3 Å². The van der Waals surface area contributed by atoms with E-state index >= 15 is 0 Å². The molecule has 1 unspecified atom stereocenters. The van der Waals surface area contributed by atoms with Gasteiger partial charge in [0.05, 0.1) is 10.8 Å². The van der Waals surface area contributed by atoms with Gasteiger partial charge >= 0.3 is 6.03 Å². The minimum absolute atomic E-state index is 0.0269. The van der Waals surface area contributed by atoms with E-state index in [-0.39, 0.29) is 23.8 Å². The number of amides is 4. The lowest BCUT2D eigenvalue weighted by Gasteiger charge is -2.23. The van der Waals surface area contributed by atoms with Gasteiger partial charge in [-0.05, 0) is 56.4 Å². The molecule has 28 heavy (non-hydrogen) atoms. The predicted molar refractivity (Wildman–Crippen MR) is 104 cm³/mol. The molecule has 0 radical (unpaired) electrons. The highest BCUT2D eigenvalue weighted by Gasteiger charge is 2.34. The zero-order chi connectivity index (χ0) is 19.7. The lowest BCUT2D eigenvalue weighted by molar-refractivity contribution is -0.117. The number of nitrogens with zero attached hydrogens (tertiary/aromatic N) is 1. The topological polar surface area (TPSA) is 129 Å². The minimum atomic E-state index is -0.652. The summed E-state index contributed by atoms with van der Waals surface area (Å²) in [5.74, 6) is 0.406. The van der Waals surface area contributed by atoms with Crippen molar-refractivity contribution in [3.63, 3.8) is 0 Å². The van der Waals surface area contributed by atoms with Crippen LogP contribution in [0, 0.1) is 16.7 Å². The highest BCUT2D eigenvalue weighted by Crippen LogP contribution is 2.40. The molecule has 1 heterocycles. The number of thiophene rings is 1. The summed E-state index contributed by atoms with van der Waals surface area (Å²) in [6.45, 7) is 0.647. The van der Waals surface area contributed by atoms with Crippen molar-refractivity contribution in [1.82, 2.24) is 16.1 Å². The van der Waals surface area contributed by atoms with E-state index in [0.29, 0.717) is 42.3 Å². The van der Waals surface area contributed by atoms with Crippen molar-refractivity contribution in [2.45, 2.75) is 51.0 Å². The number of urea groups is 1. The fourth-order valence-corrected chi connectivity index (χ4v) is 4.75. The molecular weight excluding hydrogens is 382 g/mol. The summed E-state index contributed by atoms with van der Waals surface area (Å²) < 4.78 is 0. The Bertz CT molecular complexity index is 815. The van der Waals surface area contributed by atoms with Crippen LogP contribution in [0.15, 0.2) is 5.29 Å². The molecule has 2 saturated carbocycles. The minimum Gasteiger partial charge on any atom is -0.352 e. The molecule has 4 rings (SSSR count). The molecule has 9 nitrogen and oxygen atoms in total. The third-order valence-electron chi connectivity index (χ3n) is 5.40. The van der Waals surface area contributed by atoms with Crippen molar-refractivity contribution in [3.05, 3.63) is 20.9 Å². The number of nitrogens with one attached hydrogen (secondary N) is 4. The number of fused-ring (bicyclic) bond motifs is 1. The molecule has 0 bridgehead atoms. The summed E-state index contributed by atoms with van der Waals surface area (Å²) in [5.41, 5.74) is 3.23. The average molecular weight is 405 g/mol. The molecule has 3 aliphatic rings. The molecule has 1 aromatic rings. The maximum absolute atomic E-state index is 12.9. The molecule has 4 amide bonds. The first kappa shape index (κ1) is 18.9. The van der Waals surface area contributed by atoms with Crippen molar-refractivity contribution in [1.29, 1.82) is 0 Å². The van der Waals surface area contributed by atoms with E-state index in [1.54, 1.807) is 0 Å². The van der Waals surface area contributed by atoms with Gasteiger partial charge in [-0.15, -0.1) is 16.2 Å². The molecule has 0 aromatic carbocycles. The Hall–Kier alpha value is -2.49. The molecule has 1 atom stereocenters. The fraction of sp³-hybridized carbons (Fsp3) is 0.611. The Morgan fingerprint density at radius 2 is 1.89 bits per heavy atom. The highest BCUT2D eigenvalue weighted by atomic mass is 32.1. The molecule has 0 spiro atoms. The number of hydrogen-bond acceptors (Lipinski definition) is 6. The van der Waals surface area contributed by atoms with E-state index in [1.807, 2.05) is 5.43 Å². The smallest absolute Gasteiger partial charge is 0.338 e. The molecule has 3 aliphatic carbocycles. The first-order valence-electron chi connectivity index (χ1n) is 9.67. The zero-order valence-electron chi connectivity index (χ0n) is 15.4. The monoisotopic (exact) mass is 405 g/mol. The van der Waals surface area contributed by atoms with Crippen LogP contribution in [-0.4, -0.2) is 30.4 Å². The third kappa shape index (κ3) is 4.32. The van der Waals surface area contributed by atoms with Crippen LogP contribution in [0.25, 0.3) is 0 Å². The van der Waals surface area contributed by atoms with E-state index in [0.717, 1.165) is 36.1 Å². The molecule has 4 N–H and O–H groups in total. The van der Waals surface area contributed by atoms with Gasteiger partial charge in [0.1, 0.15) is 5.00 Å².